The van der Waals surface area contributed by atoms with Gasteiger partial charge in [0.25, 0.3) is 0 Å². The van der Waals surface area contributed by atoms with Crippen LogP contribution in [0, 0.1) is 0 Å². The van der Waals surface area contributed by atoms with E-state index in [0.29, 0.717) is 10.8 Å². The maximum atomic E-state index is 5.74. The molecular weight excluding hydrogens is 322 g/mol. The molecule has 1 nitrogen and oxygen atoms in total. The lowest BCUT2D eigenvalue weighted by Crippen LogP contribution is -2.12. The van der Waals surface area contributed by atoms with Gasteiger partial charge in [-0.3, -0.25) is 0 Å². The van der Waals surface area contributed by atoms with Gasteiger partial charge in [0.2, 0.25) is 0 Å². The summed E-state index contributed by atoms with van der Waals surface area (Å²) in [5.74, 6) is 0.388. The molecule has 1 rings (SSSR count). The Morgan fingerprint density at radius 3 is 2.23 bits per heavy atom. The number of ether oxygens (including phenoxy) is 1. The fourth-order valence-electron chi connectivity index (χ4n) is 0.721. The molecule has 0 unspecified atom stereocenters. The number of hydrogen-bond donors (Lipinski definition) is 0. The summed E-state index contributed by atoms with van der Waals surface area (Å²) < 4.78 is 3.93. The third kappa shape index (κ3) is 4.61. The van der Waals surface area contributed by atoms with Crippen molar-refractivity contribution in [3.05, 3.63) is 27.7 Å². The second-order valence-corrected chi connectivity index (χ2v) is 5.68. The molecular formula is C7H3BrCl4O. The van der Waals surface area contributed by atoms with Crippen LogP contribution in [0.15, 0.2) is 22.7 Å². The fourth-order valence-corrected chi connectivity index (χ4v) is 1.82. The smallest absolute Gasteiger partial charge is 0.338 e. The molecule has 72 valence electrons. The third-order valence-corrected chi connectivity index (χ3v) is 1.98. The number of rotatable bonds is 1. The molecule has 0 aromatic heterocycles. The van der Waals surface area contributed by atoms with Gasteiger partial charge < -0.3 is 4.74 Å². The zero-order chi connectivity index (χ0) is 10.1. The minimum Gasteiger partial charge on any atom is -0.446 e. The molecule has 0 aliphatic rings. The van der Waals surface area contributed by atoms with E-state index in [9.17, 15) is 0 Å². The van der Waals surface area contributed by atoms with E-state index in [0.717, 1.165) is 4.47 Å². The van der Waals surface area contributed by atoms with E-state index in [1.807, 2.05) is 0 Å². The van der Waals surface area contributed by atoms with Crippen molar-refractivity contribution in [2.24, 2.45) is 0 Å². The first kappa shape index (κ1) is 11.7. The zero-order valence-electron chi connectivity index (χ0n) is 6.03. The van der Waals surface area contributed by atoms with Gasteiger partial charge >= 0.3 is 3.98 Å². The van der Waals surface area contributed by atoms with E-state index < -0.39 is 3.98 Å². The molecule has 0 heterocycles. The minimum absolute atomic E-state index is 0.388. The van der Waals surface area contributed by atoms with E-state index in [2.05, 4.69) is 15.9 Å². The Balaban J connectivity index is 2.90. The normalized spacial score (nSPS) is 11.5. The summed E-state index contributed by atoms with van der Waals surface area (Å²) in [6.07, 6.45) is 0. The molecule has 0 spiro atoms. The summed E-state index contributed by atoms with van der Waals surface area (Å²) in [6, 6.07) is 4.90. The Kier molecular flexibility index (Phi) is 4.02. The molecule has 0 saturated heterocycles. The number of alkyl halides is 3. The summed E-state index contributed by atoms with van der Waals surface area (Å²) in [5.41, 5.74) is 0. The van der Waals surface area contributed by atoms with Crippen LogP contribution in [0.5, 0.6) is 5.75 Å². The molecule has 0 aliphatic heterocycles. The average molecular weight is 325 g/mol. The van der Waals surface area contributed by atoms with Crippen LogP contribution in [-0.4, -0.2) is 3.98 Å². The van der Waals surface area contributed by atoms with Gasteiger partial charge in [0.1, 0.15) is 5.75 Å². The van der Waals surface area contributed by atoms with E-state index in [4.69, 9.17) is 51.1 Å². The highest BCUT2D eigenvalue weighted by Crippen LogP contribution is 2.33. The van der Waals surface area contributed by atoms with Gasteiger partial charge in [0.05, 0.1) is 0 Å². The van der Waals surface area contributed by atoms with Crippen molar-refractivity contribution < 1.29 is 4.74 Å². The molecule has 1 aromatic carbocycles. The monoisotopic (exact) mass is 322 g/mol. The average Bonchev–Trinajstić information content (AvgIpc) is 1.78. The fraction of sp³-hybridized carbons (Fsp3) is 0.143. The largest absolute Gasteiger partial charge is 0.446 e. The number of benzene rings is 1. The predicted octanol–water partition coefficient (Wildman–Crippen LogP) is 4.81. The number of halogens is 5. The van der Waals surface area contributed by atoms with Gasteiger partial charge in [0, 0.05) is 9.50 Å². The van der Waals surface area contributed by atoms with Crippen molar-refractivity contribution in [3.63, 3.8) is 0 Å². The quantitative estimate of drug-likeness (QED) is 0.674. The second-order valence-electron chi connectivity index (χ2n) is 2.15. The van der Waals surface area contributed by atoms with Crippen molar-refractivity contribution in [2.45, 2.75) is 3.98 Å². The molecule has 0 atom stereocenters. The molecule has 6 heteroatoms. The summed E-state index contributed by atoms with van der Waals surface area (Å²) in [7, 11) is 0. The van der Waals surface area contributed by atoms with E-state index in [1.54, 1.807) is 18.2 Å². The van der Waals surface area contributed by atoms with Crippen LogP contribution in [0.4, 0.5) is 0 Å². The van der Waals surface area contributed by atoms with Gasteiger partial charge in [-0.05, 0) is 53.0 Å². The Hall–Kier alpha value is 0.660. The molecule has 0 fully saturated rings. The van der Waals surface area contributed by atoms with E-state index in [1.165, 1.54) is 0 Å². The third-order valence-electron chi connectivity index (χ3n) is 1.07. The van der Waals surface area contributed by atoms with Crippen LogP contribution in [0.1, 0.15) is 0 Å². The van der Waals surface area contributed by atoms with E-state index in [-0.39, 0.29) is 0 Å². The van der Waals surface area contributed by atoms with Crippen molar-refractivity contribution in [1.29, 1.82) is 0 Å². The standard InChI is InChI=1S/C7H3BrCl4O/c8-4-1-5(9)3-6(2-4)13-7(10,11)12/h1-3H. The SMILES string of the molecule is Clc1cc(Br)cc(OC(Cl)(Cl)Cl)c1. The predicted molar refractivity (Wildman–Crippen MR) is 60.1 cm³/mol. The first-order valence-electron chi connectivity index (χ1n) is 3.09. The molecule has 0 aliphatic carbocycles. The van der Waals surface area contributed by atoms with Gasteiger partial charge in [-0.2, -0.15) is 0 Å². The van der Waals surface area contributed by atoms with Gasteiger partial charge in [-0.1, -0.05) is 27.5 Å². The van der Waals surface area contributed by atoms with E-state index >= 15 is 0 Å². The topological polar surface area (TPSA) is 9.23 Å². The van der Waals surface area contributed by atoms with Crippen molar-refractivity contribution in [1.82, 2.24) is 0 Å². The first-order valence-corrected chi connectivity index (χ1v) is 5.39. The molecule has 1 aromatic rings. The van der Waals surface area contributed by atoms with Crippen molar-refractivity contribution in [2.75, 3.05) is 0 Å². The summed E-state index contributed by atoms with van der Waals surface area (Å²) in [6.45, 7) is 0. The molecule has 0 amide bonds. The molecule has 0 saturated carbocycles. The first-order chi connectivity index (χ1) is 5.87. The molecule has 0 bridgehead atoms. The molecule has 0 N–H and O–H groups in total. The van der Waals surface area contributed by atoms with Crippen LogP contribution >= 0.6 is 62.3 Å². The lowest BCUT2D eigenvalue weighted by atomic mass is 10.3. The highest BCUT2D eigenvalue weighted by molar-refractivity contribution is 9.10. The Labute approximate surface area is 104 Å². The van der Waals surface area contributed by atoms with Crippen LogP contribution in [0.3, 0.4) is 0 Å². The van der Waals surface area contributed by atoms with Crippen molar-refractivity contribution >= 4 is 62.3 Å². The van der Waals surface area contributed by atoms with Crippen LogP contribution < -0.4 is 4.74 Å². The number of hydrogen-bond acceptors (Lipinski definition) is 1. The maximum Gasteiger partial charge on any atom is 0.338 e. The highest BCUT2D eigenvalue weighted by atomic mass is 79.9. The van der Waals surface area contributed by atoms with Crippen molar-refractivity contribution in [3.8, 4) is 5.75 Å². The summed E-state index contributed by atoms with van der Waals surface area (Å²) in [5, 5.41) is 0.499. The Morgan fingerprint density at radius 2 is 1.77 bits per heavy atom. The lowest BCUT2D eigenvalue weighted by Gasteiger charge is -2.13. The Morgan fingerprint density at radius 1 is 1.15 bits per heavy atom. The minimum atomic E-state index is -1.77. The summed E-state index contributed by atoms with van der Waals surface area (Å²) >= 11 is 25.2. The second kappa shape index (κ2) is 4.45. The lowest BCUT2D eigenvalue weighted by molar-refractivity contribution is 0.320. The maximum absolute atomic E-state index is 5.74. The highest BCUT2D eigenvalue weighted by Gasteiger charge is 2.21. The van der Waals surface area contributed by atoms with Gasteiger partial charge in [0.15, 0.2) is 0 Å². The summed E-state index contributed by atoms with van der Waals surface area (Å²) in [4.78, 5) is 0. The van der Waals surface area contributed by atoms with Crippen LogP contribution in [0.25, 0.3) is 0 Å². The molecule has 13 heavy (non-hydrogen) atoms. The zero-order valence-corrected chi connectivity index (χ0v) is 10.6. The van der Waals surface area contributed by atoms with Crippen LogP contribution in [-0.2, 0) is 0 Å². The molecule has 0 radical (unpaired) electrons. The van der Waals surface area contributed by atoms with Gasteiger partial charge in [-0.15, -0.1) is 0 Å². The Bertz CT molecular complexity index is 290. The van der Waals surface area contributed by atoms with Crippen LogP contribution in [0.2, 0.25) is 5.02 Å². The van der Waals surface area contributed by atoms with Gasteiger partial charge in [-0.25, -0.2) is 0 Å².